The third kappa shape index (κ3) is 3.88. The number of nitrogens with zero attached hydrogens (tertiary/aromatic N) is 1. The van der Waals surface area contributed by atoms with Crippen LogP contribution in [0.15, 0.2) is 108 Å². The van der Waals surface area contributed by atoms with Gasteiger partial charge in [0.25, 0.3) is 0 Å². The molecule has 3 aromatic rings. The number of allylic oxidation sites excluding steroid dienone is 4. The topological polar surface area (TPSA) is 29.4 Å². The Morgan fingerprint density at radius 1 is 0.759 bits per heavy atom. The number of aliphatic imine (C=N–C) groups is 1. The van der Waals surface area contributed by atoms with E-state index in [-0.39, 0.29) is 11.7 Å². The van der Waals surface area contributed by atoms with E-state index < -0.39 is 0 Å². The Labute approximate surface area is 172 Å². The van der Waals surface area contributed by atoms with Crippen LogP contribution in [0.25, 0.3) is 0 Å². The van der Waals surface area contributed by atoms with E-state index in [1.807, 2.05) is 66.7 Å². The van der Waals surface area contributed by atoms with Gasteiger partial charge in [-0.15, -0.1) is 0 Å². The number of ketones is 1. The van der Waals surface area contributed by atoms with E-state index >= 15 is 0 Å². The fraction of sp³-hybridized carbons (Fsp3) is 0.111. The molecule has 0 saturated heterocycles. The maximum Gasteiger partial charge on any atom is 0.190 e. The van der Waals surface area contributed by atoms with Crippen LogP contribution in [0, 0.1) is 19.8 Å². The maximum absolute atomic E-state index is 13.2. The molecule has 0 aliphatic heterocycles. The largest absolute Gasteiger partial charge is 0.289 e. The van der Waals surface area contributed by atoms with Crippen molar-refractivity contribution in [2.45, 2.75) is 13.8 Å². The highest BCUT2D eigenvalue weighted by Gasteiger charge is 2.28. The Morgan fingerprint density at radius 3 is 1.97 bits per heavy atom. The van der Waals surface area contributed by atoms with Crippen LogP contribution in [0.5, 0.6) is 0 Å². The highest BCUT2D eigenvalue weighted by Crippen LogP contribution is 2.31. The summed E-state index contributed by atoms with van der Waals surface area (Å²) in [6.07, 6.45) is 5.95. The average molecular weight is 377 g/mol. The number of Topliss-reactive ketones (excluding diaryl/α,β-unsaturated/α-hetero) is 1. The summed E-state index contributed by atoms with van der Waals surface area (Å²) in [6.45, 7) is 4.15. The molecule has 0 N–H and O–H groups in total. The summed E-state index contributed by atoms with van der Waals surface area (Å²) in [6, 6.07) is 25.8. The Kier molecular flexibility index (Phi) is 5.35. The van der Waals surface area contributed by atoms with Crippen LogP contribution < -0.4 is 0 Å². The van der Waals surface area contributed by atoms with Crippen molar-refractivity contribution in [2.24, 2.45) is 10.9 Å². The van der Waals surface area contributed by atoms with Crippen LogP contribution in [0.2, 0.25) is 0 Å². The molecular weight excluding hydrogens is 354 g/mol. The zero-order valence-corrected chi connectivity index (χ0v) is 16.7. The second-order valence-electron chi connectivity index (χ2n) is 7.28. The summed E-state index contributed by atoms with van der Waals surface area (Å²) in [7, 11) is 0. The molecular formula is C27H23NO. The first-order valence-electron chi connectivity index (χ1n) is 9.83. The number of para-hydroxylation sites is 1. The molecule has 1 aliphatic carbocycles. The minimum Gasteiger partial charge on any atom is -0.289 e. The second-order valence-corrected chi connectivity index (χ2v) is 7.28. The van der Waals surface area contributed by atoms with Crippen LogP contribution in [-0.4, -0.2) is 11.5 Å². The summed E-state index contributed by atoms with van der Waals surface area (Å²) >= 11 is 0. The van der Waals surface area contributed by atoms with E-state index in [1.165, 1.54) is 0 Å². The Hall–Kier alpha value is -3.52. The number of carbonyl (C=O) groups excluding carboxylic acids is 1. The molecule has 1 aliphatic rings. The lowest BCUT2D eigenvalue weighted by Gasteiger charge is -2.18. The Balaban J connectivity index is 1.82. The first-order valence-corrected chi connectivity index (χ1v) is 9.83. The first-order chi connectivity index (χ1) is 14.1. The lowest BCUT2D eigenvalue weighted by Crippen LogP contribution is -2.20. The van der Waals surface area contributed by atoms with E-state index in [4.69, 9.17) is 4.99 Å². The lowest BCUT2D eigenvalue weighted by molar-refractivity contribution is 0.103. The molecule has 2 heteroatoms. The van der Waals surface area contributed by atoms with Crippen molar-refractivity contribution in [1.29, 1.82) is 0 Å². The normalized spacial score (nSPS) is 16.0. The van der Waals surface area contributed by atoms with Crippen LogP contribution >= 0.6 is 0 Å². The van der Waals surface area contributed by atoms with Gasteiger partial charge in [-0.3, -0.25) is 9.79 Å². The zero-order chi connectivity index (χ0) is 20.2. The van der Waals surface area contributed by atoms with Gasteiger partial charge < -0.3 is 0 Å². The number of hydrogen-bond acceptors (Lipinski definition) is 2. The molecule has 1 unspecified atom stereocenters. The van der Waals surface area contributed by atoms with Gasteiger partial charge in [0, 0.05) is 17.1 Å². The first kappa shape index (κ1) is 18.8. The zero-order valence-electron chi connectivity index (χ0n) is 16.7. The molecule has 0 bridgehead atoms. The number of benzene rings is 3. The van der Waals surface area contributed by atoms with Gasteiger partial charge in [0.05, 0.1) is 11.4 Å². The third-order valence-corrected chi connectivity index (χ3v) is 5.25. The van der Waals surface area contributed by atoms with Gasteiger partial charge in [-0.05, 0) is 30.5 Å². The molecule has 0 amide bonds. The molecule has 0 saturated carbocycles. The summed E-state index contributed by atoms with van der Waals surface area (Å²) in [5, 5.41) is 0. The fourth-order valence-corrected chi connectivity index (χ4v) is 3.71. The SMILES string of the molecule is Cc1cccc(C)c1N=C(c1ccccc1)C1C=CC=C1C(=O)c1ccccc1. The fourth-order valence-electron chi connectivity index (χ4n) is 3.71. The van der Waals surface area contributed by atoms with Crippen molar-refractivity contribution in [1.82, 2.24) is 0 Å². The van der Waals surface area contributed by atoms with E-state index in [2.05, 4.69) is 44.2 Å². The van der Waals surface area contributed by atoms with E-state index in [0.717, 1.165) is 33.7 Å². The molecule has 0 fully saturated rings. The van der Waals surface area contributed by atoms with Crippen molar-refractivity contribution in [3.05, 3.63) is 125 Å². The Bertz CT molecular complexity index is 1100. The monoisotopic (exact) mass is 377 g/mol. The van der Waals surface area contributed by atoms with Crippen molar-refractivity contribution >= 4 is 17.2 Å². The molecule has 1 atom stereocenters. The summed E-state index contributed by atoms with van der Waals surface area (Å²) < 4.78 is 0. The van der Waals surface area contributed by atoms with E-state index in [0.29, 0.717) is 5.56 Å². The quantitative estimate of drug-likeness (QED) is 0.373. The summed E-state index contributed by atoms with van der Waals surface area (Å²) in [5.74, 6) is -0.130. The van der Waals surface area contributed by atoms with Crippen molar-refractivity contribution in [2.75, 3.05) is 0 Å². The molecule has 2 nitrogen and oxygen atoms in total. The maximum atomic E-state index is 13.2. The minimum atomic E-state index is -0.177. The highest BCUT2D eigenvalue weighted by molar-refractivity contribution is 6.17. The Morgan fingerprint density at radius 2 is 1.34 bits per heavy atom. The van der Waals surface area contributed by atoms with Crippen molar-refractivity contribution in [3.63, 3.8) is 0 Å². The van der Waals surface area contributed by atoms with Gasteiger partial charge in [-0.1, -0.05) is 97.1 Å². The average Bonchev–Trinajstić information content (AvgIpc) is 3.24. The minimum absolute atomic E-state index is 0.0470. The smallest absolute Gasteiger partial charge is 0.190 e. The van der Waals surface area contributed by atoms with Crippen LogP contribution in [0.3, 0.4) is 0 Å². The number of hydrogen-bond donors (Lipinski definition) is 0. The molecule has 0 heterocycles. The number of rotatable bonds is 5. The number of aryl methyl sites for hydroxylation is 2. The van der Waals surface area contributed by atoms with Crippen molar-refractivity contribution < 1.29 is 4.79 Å². The predicted molar refractivity (Wildman–Crippen MR) is 120 cm³/mol. The molecule has 4 rings (SSSR count). The molecule has 0 radical (unpaired) electrons. The summed E-state index contributed by atoms with van der Waals surface area (Å²) in [4.78, 5) is 18.3. The summed E-state index contributed by atoms with van der Waals surface area (Å²) in [5.41, 5.74) is 6.60. The lowest BCUT2D eigenvalue weighted by atomic mass is 9.87. The molecule has 0 aromatic heterocycles. The van der Waals surface area contributed by atoms with Crippen molar-refractivity contribution in [3.8, 4) is 0 Å². The second kappa shape index (κ2) is 8.24. The van der Waals surface area contributed by atoms with Gasteiger partial charge in [0.15, 0.2) is 5.78 Å². The molecule has 142 valence electrons. The van der Waals surface area contributed by atoms with Crippen LogP contribution in [0.1, 0.15) is 27.0 Å². The van der Waals surface area contributed by atoms with Gasteiger partial charge >= 0.3 is 0 Å². The van der Waals surface area contributed by atoms with Crippen LogP contribution in [0.4, 0.5) is 5.69 Å². The molecule has 29 heavy (non-hydrogen) atoms. The van der Waals surface area contributed by atoms with Gasteiger partial charge in [0.2, 0.25) is 0 Å². The van der Waals surface area contributed by atoms with E-state index in [1.54, 1.807) is 0 Å². The highest BCUT2D eigenvalue weighted by atomic mass is 16.1. The standard InChI is InChI=1S/C27H23NO/c1-19-11-9-12-20(2)25(19)28-26(21-13-5-3-6-14-21)23-17-10-18-24(23)27(29)22-15-7-4-8-16-22/h3-18,23H,1-2H3. The molecule has 0 spiro atoms. The van der Waals surface area contributed by atoms with E-state index in [9.17, 15) is 4.79 Å². The van der Waals surface area contributed by atoms with Crippen LogP contribution in [-0.2, 0) is 0 Å². The van der Waals surface area contributed by atoms with Gasteiger partial charge in [-0.2, -0.15) is 0 Å². The number of carbonyl (C=O) groups is 1. The third-order valence-electron chi connectivity index (χ3n) is 5.25. The van der Waals surface area contributed by atoms with Gasteiger partial charge in [0.1, 0.15) is 0 Å². The van der Waals surface area contributed by atoms with Gasteiger partial charge in [-0.25, -0.2) is 0 Å². The predicted octanol–water partition coefficient (Wildman–Crippen LogP) is 6.42. The molecule has 3 aromatic carbocycles.